The minimum absolute atomic E-state index is 0.401. The quantitative estimate of drug-likeness (QED) is 0.759. The molecule has 106 valence electrons. The highest BCUT2D eigenvalue weighted by Crippen LogP contribution is 2.18. The molecule has 3 rings (SSSR count). The maximum Gasteiger partial charge on any atom is 0.346 e. The Balaban J connectivity index is 1.72. The Labute approximate surface area is 126 Å². The summed E-state index contributed by atoms with van der Waals surface area (Å²) in [6.45, 7) is 1.19. The van der Waals surface area contributed by atoms with Crippen molar-refractivity contribution in [2.75, 3.05) is 0 Å². The average Bonchev–Trinajstić information content (AvgIpc) is 2.96. The smallest absolute Gasteiger partial charge is 0.346 e. The second-order valence-electron chi connectivity index (χ2n) is 4.68. The number of nitrogens with one attached hydrogen (secondary N) is 1. The number of carboxylic acids is 1. The van der Waals surface area contributed by atoms with Gasteiger partial charge in [0.1, 0.15) is 4.88 Å². The predicted octanol–water partition coefficient (Wildman–Crippen LogP) is 3.28. The molecule has 0 spiro atoms. The van der Waals surface area contributed by atoms with Crippen LogP contribution >= 0.6 is 11.3 Å². The molecule has 4 nitrogen and oxygen atoms in total. The van der Waals surface area contributed by atoms with Crippen LogP contribution in [-0.4, -0.2) is 16.1 Å². The first-order valence-electron chi connectivity index (χ1n) is 6.58. The van der Waals surface area contributed by atoms with Gasteiger partial charge in [-0.2, -0.15) is 0 Å². The number of carboxylic acid groups (broad SMARTS) is 1. The van der Waals surface area contributed by atoms with Crippen LogP contribution in [0.2, 0.25) is 0 Å². The number of para-hydroxylation sites is 1. The Morgan fingerprint density at radius 1 is 1.14 bits per heavy atom. The zero-order chi connectivity index (χ0) is 14.7. The Morgan fingerprint density at radius 2 is 1.95 bits per heavy atom. The Bertz CT molecular complexity index is 777. The van der Waals surface area contributed by atoms with Gasteiger partial charge >= 0.3 is 5.97 Å². The van der Waals surface area contributed by atoms with Crippen LogP contribution in [0.15, 0.2) is 48.0 Å². The maximum atomic E-state index is 11.1. The lowest BCUT2D eigenvalue weighted by atomic mass is 10.1. The molecule has 2 heterocycles. The van der Waals surface area contributed by atoms with Crippen molar-refractivity contribution >= 4 is 28.2 Å². The lowest BCUT2D eigenvalue weighted by Crippen LogP contribution is -2.14. The number of aromatic nitrogens is 1. The highest BCUT2D eigenvalue weighted by Gasteiger charge is 2.11. The molecule has 2 N–H and O–H groups in total. The monoisotopic (exact) mass is 298 g/mol. The molecule has 0 aliphatic rings. The Kier molecular flexibility index (Phi) is 3.94. The van der Waals surface area contributed by atoms with E-state index in [1.165, 1.54) is 11.3 Å². The summed E-state index contributed by atoms with van der Waals surface area (Å²) in [5.74, 6) is -0.867. The molecule has 0 unspecified atom stereocenters. The first kappa shape index (κ1) is 13.7. The van der Waals surface area contributed by atoms with Crippen LogP contribution in [0.3, 0.4) is 0 Å². The van der Waals surface area contributed by atoms with Gasteiger partial charge in [0.25, 0.3) is 0 Å². The van der Waals surface area contributed by atoms with Crippen molar-refractivity contribution in [2.24, 2.45) is 0 Å². The molecule has 0 saturated heterocycles. The summed E-state index contributed by atoms with van der Waals surface area (Å²) in [7, 11) is 0. The van der Waals surface area contributed by atoms with Crippen molar-refractivity contribution in [1.29, 1.82) is 0 Å². The van der Waals surface area contributed by atoms with Gasteiger partial charge in [0.05, 0.1) is 5.52 Å². The van der Waals surface area contributed by atoms with Crippen molar-refractivity contribution in [3.8, 4) is 0 Å². The molecule has 0 aliphatic heterocycles. The minimum atomic E-state index is -0.867. The number of carbonyl (C=O) groups is 1. The number of benzene rings is 1. The van der Waals surface area contributed by atoms with Crippen LogP contribution in [0.1, 0.15) is 20.8 Å². The van der Waals surface area contributed by atoms with E-state index in [0.717, 1.165) is 22.0 Å². The lowest BCUT2D eigenvalue weighted by molar-refractivity contribution is 0.0701. The van der Waals surface area contributed by atoms with Crippen molar-refractivity contribution in [3.05, 3.63) is 64.0 Å². The van der Waals surface area contributed by atoms with Crippen LogP contribution in [0.4, 0.5) is 0 Å². The molecule has 2 aromatic heterocycles. The molecule has 0 fully saturated rings. The van der Waals surface area contributed by atoms with Crippen molar-refractivity contribution in [2.45, 2.75) is 13.1 Å². The third-order valence-corrected chi connectivity index (χ3v) is 4.23. The molecular weight excluding hydrogens is 284 g/mol. The first-order chi connectivity index (χ1) is 10.3. The van der Waals surface area contributed by atoms with E-state index in [2.05, 4.69) is 10.3 Å². The number of hydrogen-bond donors (Lipinski definition) is 2. The fraction of sp³-hybridized carbons (Fsp3) is 0.125. The summed E-state index contributed by atoms with van der Waals surface area (Å²) >= 11 is 1.25. The average molecular weight is 298 g/mol. The van der Waals surface area contributed by atoms with Crippen LogP contribution in [-0.2, 0) is 13.1 Å². The number of pyridine rings is 1. The SMILES string of the molecule is O=C(O)c1sccc1CNCc1cccc2cccnc12. The molecule has 0 saturated carbocycles. The van der Waals surface area contributed by atoms with Crippen molar-refractivity contribution in [3.63, 3.8) is 0 Å². The van der Waals surface area contributed by atoms with E-state index in [1.807, 2.05) is 36.4 Å². The predicted molar refractivity (Wildman–Crippen MR) is 83.6 cm³/mol. The zero-order valence-electron chi connectivity index (χ0n) is 11.2. The normalized spacial score (nSPS) is 10.9. The fourth-order valence-electron chi connectivity index (χ4n) is 2.30. The van der Waals surface area contributed by atoms with E-state index in [4.69, 9.17) is 5.11 Å². The third-order valence-electron chi connectivity index (χ3n) is 3.29. The summed E-state index contributed by atoms with van der Waals surface area (Å²) in [5.41, 5.74) is 2.91. The molecule has 1 aromatic carbocycles. The summed E-state index contributed by atoms with van der Waals surface area (Å²) in [6.07, 6.45) is 1.78. The fourth-order valence-corrected chi connectivity index (χ4v) is 3.07. The zero-order valence-corrected chi connectivity index (χ0v) is 12.1. The van der Waals surface area contributed by atoms with Gasteiger partial charge in [-0.3, -0.25) is 4.98 Å². The Morgan fingerprint density at radius 3 is 2.81 bits per heavy atom. The number of nitrogens with zero attached hydrogens (tertiary/aromatic N) is 1. The second kappa shape index (κ2) is 6.03. The number of thiophene rings is 1. The molecule has 0 atom stereocenters. The summed E-state index contributed by atoms with van der Waals surface area (Å²) in [5, 5.41) is 15.3. The maximum absolute atomic E-state index is 11.1. The molecule has 0 bridgehead atoms. The molecule has 0 aliphatic carbocycles. The second-order valence-corrected chi connectivity index (χ2v) is 5.59. The van der Waals surface area contributed by atoms with Gasteiger partial charge in [-0.25, -0.2) is 4.79 Å². The van der Waals surface area contributed by atoms with Crippen LogP contribution in [0.5, 0.6) is 0 Å². The molecule has 5 heteroatoms. The van der Waals surface area contributed by atoms with E-state index >= 15 is 0 Å². The number of hydrogen-bond acceptors (Lipinski definition) is 4. The largest absolute Gasteiger partial charge is 0.477 e. The van der Waals surface area contributed by atoms with Crippen LogP contribution in [0, 0.1) is 0 Å². The lowest BCUT2D eigenvalue weighted by Gasteiger charge is -2.07. The standard InChI is InChI=1S/C16H14N2O2S/c19-16(20)15-13(6-8-21-15)10-17-9-12-4-1-3-11-5-2-7-18-14(11)12/h1-8,17H,9-10H2,(H,19,20). The van der Waals surface area contributed by atoms with Gasteiger partial charge in [0, 0.05) is 24.7 Å². The number of fused-ring (bicyclic) bond motifs is 1. The molecule has 3 aromatic rings. The highest BCUT2D eigenvalue weighted by atomic mass is 32.1. The molecular formula is C16H14N2O2S. The van der Waals surface area contributed by atoms with E-state index in [0.29, 0.717) is 18.0 Å². The van der Waals surface area contributed by atoms with Gasteiger partial charge < -0.3 is 10.4 Å². The van der Waals surface area contributed by atoms with Gasteiger partial charge in [0.2, 0.25) is 0 Å². The van der Waals surface area contributed by atoms with Gasteiger partial charge in [-0.05, 0) is 28.6 Å². The van der Waals surface area contributed by atoms with Crippen LogP contribution < -0.4 is 5.32 Å². The number of aromatic carboxylic acids is 1. The highest BCUT2D eigenvalue weighted by molar-refractivity contribution is 7.12. The van der Waals surface area contributed by atoms with E-state index < -0.39 is 5.97 Å². The van der Waals surface area contributed by atoms with E-state index in [9.17, 15) is 4.79 Å². The minimum Gasteiger partial charge on any atom is -0.477 e. The summed E-state index contributed by atoms with van der Waals surface area (Å²) in [6, 6.07) is 11.9. The third kappa shape index (κ3) is 2.94. The first-order valence-corrected chi connectivity index (χ1v) is 7.46. The van der Waals surface area contributed by atoms with Gasteiger partial charge in [0.15, 0.2) is 0 Å². The molecule has 0 radical (unpaired) electrons. The summed E-state index contributed by atoms with van der Waals surface area (Å²) < 4.78 is 0. The van der Waals surface area contributed by atoms with Crippen molar-refractivity contribution < 1.29 is 9.90 Å². The van der Waals surface area contributed by atoms with E-state index in [1.54, 1.807) is 11.6 Å². The summed E-state index contributed by atoms with van der Waals surface area (Å²) in [4.78, 5) is 15.9. The molecule has 21 heavy (non-hydrogen) atoms. The topological polar surface area (TPSA) is 62.2 Å². The molecule has 0 amide bonds. The van der Waals surface area contributed by atoms with E-state index in [-0.39, 0.29) is 0 Å². The Hall–Kier alpha value is -2.24. The van der Waals surface area contributed by atoms with Gasteiger partial charge in [-0.1, -0.05) is 24.3 Å². The number of rotatable bonds is 5. The van der Waals surface area contributed by atoms with Crippen LogP contribution in [0.25, 0.3) is 10.9 Å². The van der Waals surface area contributed by atoms with Crippen molar-refractivity contribution in [1.82, 2.24) is 10.3 Å². The van der Waals surface area contributed by atoms with Gasteiger partial charge in [-0.15, -0.1) is 11.3 Å².